The molecule has 0 spiro atoms. The Morgan fingerprint density at radius 2 is 2.25 bits per heavy atom. The van der Waals surface area contributed by atoms with Gasteiger partial charge in [-0.15, -0.1) is 0 Å². The van der Waals surface area contributed by atoms with Gasteiger partial charge in [0.1, 0.15) is 21.9 Å². The number of nitrogens with one attached hydrogen (secondary N) is 1. The molecule has 0 atom stereocenters. The Bertz CT molecular complexity index is 527. The molecule has 0 saturated carbocycles. The molecule has 16 heavy (non-hydrogen) atoms. The van der Waals surface area contributed by atoms with E-state index in [4.69, 9.17) is 10.5 Å². The standard InChI is InChI=1S/C10H9BrFN3O/c1-16-7-3-2-5(12)4-6(7)8-9(11)15-10(13)14-8/h2-4H,1H3,(H3,13,14,15). The van der Waals surface area contributed by atoms with Gasteiger partial charge in [-0.25, -0.2) is 9.37 Å². The van der Waals surface area contributed by atoms with Crippen LogP contribution in [-0.2, 0) is 0 Å². The number of rotatable bonds is 2. The monoisotopic (exact) mass is 285 g/mol. The first kappa shape index (κ1) is 10.9. The zero-order chi connectivity index (χ0) is 11.7. The third-order valence-corrected chi connectivity index (χ3v) is 2.67. The van der Waals surface area contributed by atoms with Crippen LogP contribution in [0.2, 0.25) is 0 Å². The number of benzene rings is 1. The highest BCUT2D eigenvalue weighted by atomic mass is 79.9. The summed E-state index contributed by atoms with van der Waals surface area (Å²) in [5, 5.41) is 0. The van der Waals surface area contributed by atoms with Crippen LogP contribution in [0, 0.1) is 5.82 Å². The summed E-state index contributed by atoms with van der Waals surface area (Å²) in [4.78, 5) is 6.84. The maximum absolute atomic E-state index is 13.2. The number of nitrogen functional groups attached to an aromatic ring is 1. The maximum atomic E-state index is 13.2. The lowest BCUT2D eigenvalue weighted by Crippen LogP contribution is -1.90. The average molecular weight is 286 g/mol. The minimum absolute atomic E-state index is 0.258. The van der Waals surface area contributed by atoms with Crippen LogP contribution in [0.4, 0.5) is 10.3 Å². The lowest BCUT2D eigenvalue weighted by Gasteiger charge is -2.06. The summed E-state index contributed by atoms with van der Waals surface area (Å²) in [7, 11) is 1.51. The fourth-order valence-electron chi connectivity index (χ4n) is 1.41. The summed E-state index contributed by atoms with van der Waals surface area (Å²) in [5.74, 6) is 0.436. The van der Waals surface area contributed by atoms with Crippen LogP contribution in [0.15, 0.2) is 22.8 Å². The van der Waals surface area contributed by atoms with Crippen molar-refractivity contribution in [2.45, 2.75) is 0 Å². The average Bonchev–Trinajstić information content (AvgIpc) is 2.57. The Morgan fingerprint density at radius 3 is 2.81 bits per heavy atom. The number of imidazole rings is 1. The molecule has 1 aromatic heterocycles. The normalized spacial score (nSPS) is 10.4. The van der Waals surface area contributed by atoms with Gasteiger partial charge in [-0.3, -0.25) is 0 Å². The number of nitrogens with zero attached hydrogens (tertiary/aromatic N) is 1. The van der Waals surface area contributed by atoms with Crippen molar-refractivity contribution in [1.82, 2.24) is 9.97 Å². The molecule has 0 bridgehead atoms. The van der Waals surface area contributed by atoms with Crippen LogP contribution in [-0.4, -0.2) is 17.1 Å². The van der Waals surface area contributed by atoms with E-state index in [0.717, 1.165) is 0 Å². The number of nitrogens with two attached hydrogens (primary N) is 1. The highest BCUT2D eigenvalue weighted by Gasteiger charge is 2.14. The second-order valence-corrected chi connectivity index (χ2v) is 3.92. The Hall–Kier alpha value is -1.56. The quantitative estimate of drug-likeness (QED) is 0.891. The molecule has 0 unspecified atom stereocenters. The van der Waals surface area contributed by atoms with Crippen LogP contribution in [0.1, 0.15) is 0 Å². The van der Waals surface area contributed by atoms with Crippen LogP contribution >= 0.6 is 15.9 Å². The minimum atomic E-state index is -0.357. The summed E-state index contributed by atoms with van der Waals surface area (Å²) < 4.78 is 18.9. The number of aromatic amines is 1. The molecule has 0 amide bonds. The van der Waals surface area contributed by atoms with Gasteiger partial charge in [-0.1, -0.05) is 0 Å². The van der Waals surface area contributed by atoms with E-state index >= 15 is 0 Å². The van der Waals surface area contributed by atoms with Gasteiger partial charge in [0, 0.05) is 5.56 Å². The molecule has 1 heterocycles. The predicted molar refractivity (Wildman–Crippen MR) is 62.6 cm³/mol. The van der Waals surface area contributed by atoms with Crippen LogP contribution in [0.3, 0.4) is 0 Å². The predicted octanol–water partition coefficient (Wildman–Crippen LogP) is 2.57. The van der Waals surface area contributed by atoms with Crippen LogP contribution < -0.4 is 10.5 Å². The first-order chi connectivity index (χ1) is 7.61. The van der Waals surface area contributed by atoms with Crippen molar-refractivity contribution >= 4 is 21.9 Å². The summed E-state index contributed by atoms with van der Waals surface area (Å²) in [6, 6.07) is 4.22. The molecule has 3 N–H and O–H groups in total. The van der Waals surface area contributed by atoms with Crippen molar-refractivity contribution in [3.8, 4) is 17.0 Å². The zero-order valence-corrected chi connectivity index (χ0v) is 10.0. The largest absolute Gasteiger partial charge is 0.496 e. The van der Waals surface area contributed by atoms with E-state index in [-0.39, 0.29) is 11.8 Å². The number of hydrogen-bond donors (Lipinski definition) is 2. The lowest BCUT2D eigenvalue weighted by atomic mass is 10.1. The number of methoxy groups -OCH3 is 1. The lowest BCUT2D eigenvalue weighted by molar-refractivity contribution is 0.415. The highest BCUT2D eigenvalue weighted by Crippen LogP contribution is 2.34. The summed E-state index contributed by atoms with van der Waals surface area (Å²) in [5.41, 5.74) is 6.58. The van der Waals surface area contributed by atoms with E-state index in [1.165, 1.54) is 19.2 Å². The van der Waals surface area contributed by atoms with Gasteiger partial charge in [0.05, 0.1) is 7.11 Å². The molecule has 4 nitrogen and oxygen atoms in total. The molecular formula is C10H9BrFN3O. The minimum Gasteiger partial charge on any atom is -0.496 e. The SMILES string of the molecule is COc1ccc(F)cc1-c1nc(N)[nH]c1Br. The van der Waals surface area contributed by atoms with Gasteiger partial charge in [0.25, 0.3) is 0 Å². The van der Waals surface area contributed by atoms with Crippen LogP contribution in [0.25, 0.3) is 11.3 Å². The molecule has 2 rings (SSSR count). The second kappa shape index (κ2) is 4.13. The van der Waals surface area contributed by atoms with Crippen molar-refractivity contribution in [3.05, 3.63) is 28.6 Å². The number of ether oxygens (including phenoxy) is 1. The Kier molecular flexibility index (Phi) is 2.82. The molecule has 0 aliphatic rings. The van der Waals surface area contributed by atoms with Gasteiger partial charge in [0.15, 0.2) is 5.95 Å². The first-order valence-electron chi connectivity index (χ1n) is 4.46. The maximum Gasteiger partial charge on any atom is 0.198 e. The fraction of sp³-hybridized carbons (Fsp3) is 0.100. The number of H-pyrrole nitrogens is 1. The molecule has 0 aliphatic carbocycles. The van der Waals surface area contributed by atoms with E-state index in [2.05, 4.69) is 25.9 Å². The van der Waals surface area contributed by atoms with E-state index in [9.17, 15) is 4.39 Å². The molecule has 0 saturated heterocycles. The summed E-state index contributed by atoms with van der Waals surface area (Å²) in [6.07, 6.45) is 0. The zero-order valence-electron chi connectivity index (χ0n) is 8.42. The molecule has 6 heteroatoms. The van der Waals surface area contributed by atoms with Gasteiger partial charge in [-0.2, -0.15) is 0 Å². The molecule has 2 aromatic rings. The number of halogens is 2. The van der Waals surface area contributed by atoms with Crippen molar-refractivity contribution in [2.75, 3.05) is 12.8 Å². The van der Waals surface area contributed by atoms with E-state index in [1.54, 1.807) is 6.07 Å². The van der Waals surface area contributed by atoms with E-state index in [0.29, 0.717) is 21.6 Å². The van der Waals surface area contributed by atoms with Gasteiger partial charge >= 0.3 is 0 Å². The topological polar surface area (TPSA) is 63.9 Å². The molecule has 0 radical (unpaired) electrons. The Balaban J connectivity index is 2.62. The van der Waals surface area contributed by atoms with Gasteiger partial charge in [-0.05, 0) is 34.1 Å². The third kappa shape index (κ3) is 1.88. The fourth-order valence-corrected chi connectivity index (χ4v) is 1.92. The van der Waals surface area contributed by atoms with Gasteiger partial charge < -0.3 is 15.5 Å². The molecular weight excluding hydrogens is 277 g/mol. The Morgan fingerprint density at radius 1 is 1.50 bits per heavy atom. The highest BCUT2D eigenvalue weighted by molar-refractivity contribution is 9.10. The van der Waals surface area contributed by atoms with Gasteiger partial charge in [0.2, 0.25) is 0 Å². The van der Waals surface area contributed by atoms with E-state index < -0.39 is 0 Å². The van der Waals surface area contributed by atoms with E-state index in [1.807, 2.05) is 0 Å². The molecule has 1 aromatic carbocycles. The first-order valence-corrected chi connectivity index (χ1v) is 5.26. The number of aromatic nitrogens is 2. The molecule has 84 valence electrons. The molecule has 0 aliphatic heterocycles. The number of anilines is 1. The van der Waals surface area contributed by atoms with Crippen molar-refractivity contribution in [2.24, 2.45) is 0 Å². The summed E-state index contributed by atoms with van der Waals surface area (Å²) >= 11 is 3.27. The number of hydrogen-bond acceptors (Lipinski definition) is 3. The molecule has 0 fully saturated rings. The second-order valence-electron chi connectivity index (χ2n) is 3.13. The van der Waals surface area contributed by atoms with Crippen LogP contribution in [0.5, 0.6) is 5.75 Å². The van der Waals surface area contributed by atoms with Crippen molar-refractivity contribution < 1.29 is 9.13 Å². The summed E-state index contributed by atoms with van der Waals surface area (Å²) in [6.45, 7) is 0. The Labute approximate surface area is 99.8 Å². The third-order valence-electron chi connectivity index (χ3n) is 2.09. The smallest absolute Gasteiger partial charge is 0.198 e. The van der Waals surface area contributed by atoms with Crippen molar-refractivity contribution in [1.29, 1.82) is 0 Å². The van der Waals surface area contributed by atoms with Crippen molar-refractivity contribution in [3.63, 3.8) is 0 Å².